The van der Waals surface area contributed by atoms with Crippen LogP contribution in [0, 0.1) is 5.92 Å². The number of guanidine groups is 1. The molecule has 1 aliphatic heterocycles. The van der Waals surface area contributed by atoms with E-state index >= 15 is 0 Å². The summed E-state index contributed by atoms with van der Waals surface area (Å²) < 4.78 is 5.59. The normalized spacial score (nSPS) is 14.5. The predicted molar refractivity (Wildman–Crippen MR) is 134 cm³/mol. The van der Waals surface area contributed by atoms with Gasteiger partial charge in [0.2, 0.25) is 5.91 Å². The van der Waals surface area contributed by atoms with Crippen molar-refractivity contribution in [2.45, 2.75) is 32.7 Å². The van der Waals surface area contributed by atoms with Crippen molar-refractivity contribution in [1.29, 1.82) is 0 Å². The molecule has 0 saturated carbocycles. The molecule has 0 spiro atoms. The Balaban J connectivity index is 0.00000480. The lowest BCUT2D eigenvalue weighted by Crippen LogP contribution is -2.46. The number of likely N-dealkylation sites (tertiary alicyclic amines) is 1. The number of aliphatic imine (C=N–C) groups is 1. The lowest BCUT2D eigenvalue weighted by atomic mass is 9.93. The van der Waals surface area contributed by atoms with Crippen LogP contribution in [0.5, 0.6) is 5.75 Å². The summed E-state index contributed by atoms with van der Waals surface area (Å²) in [4.78, 5) is 31.9. The Morgan fingerprint density at radius 3 is 2.58 bits per heavy atom. The van der Waals surface area contributed by atoms with Crippen molar-refractivity contribution in [3.63, 3.8) is 0 Å². The number of amides is 2. The van der Waals surface area contributed by atoms with E-state index < -0.39 is 0 Å². The number of ether oxygens (including phenoxy) is 1. The van der Waals surface area contributed by atoms with Crippen LogP contribution in [0.2, 0.25) is 0 Å². The highest BCUT2D eigenvalue weighted by atomic mass is 127. The lowest BCUT2D eigenvalue weighted by molar-refractivity contribution is -0.130. The van der Waals surface area contributed by atoms with Crippen LogP contribution >= 0.6 is 24.0 Å². The van der Waals surface area contributed by atoms with Crippen molar-refractivity contribution < 1.29 is 14.3 Å². The Hall–Kier alpha value is -2.04. The highest BCUT2D eigenvalue weighted by Crippen LogP contribution is 2.21. The molecule has 2 rings (SSSR count). The number of carbonyl (C=O) groups excluding carboxylic acids is 2. The van der Waals surface area contributed by atoms with E-state index in [1.54, 1.807) is 21.1 Å². The van der Waals surface area contributed by atoms with Crippen LogP contribution in [0.3, 0.4) is 0 Å². The average Bonchev–Trinajstić information content (AvgIpc) is 2.75. The van der Waals surface area contributed by atoms with E-state index in [0.717, 1.165) is 44.0 Å². The first-order valence-electron chi connectivity index (χ1n) is 10.6. The maximum absolute atomic E-state index is 11.7. The second kappa shape index (κ2) is 14.1. The molecule has 8 nitrogen and oxygen atoms in total. The molecule has 1 fully saturated rings. The third kappa shape index (κ3) is 9.32. The zero-order chi connectivity index (χ0) is 21.9. The number of nitrogens with one attached hydrogen (secondary N) is 2. The lowest BCUT2D eigenvalue weighted by Gasteiger charge is -2.34. The van der Waals surface area contributed by atoms with Crippen LogP contribution in [0.25, 0.3) is 0 Å². The highest BCUT2D eigenvalue weighted by Gasteiger charge is 2.23. The molecule has 1 saturated heterocycles. The van der Waals surface area contributed by atoms with Crippen molar-refractivity contribution in [1.82, 2.24) is 20.4 Å². The Morgan fingerprint density at radius 2 is 1.97 bits per heavy atom. The van der Waals surface area contributed by atoms with E-state index in [0.29, 0.717) is 24.6 Å². The summed E-state index contributed by atoms with van der Waals surface area (Å²) in [5.74, 6) is 2.03. The van der Waals surface area contributed by atoms with E-state index in [1.807, 2.05) is 24.3 Å². The molecule has 1 aliphatic rings. The number of halogens is 1. The molecule has 1 aromatic rings. The first kappa shape index (κ1) is 27.0. The SMILES string of the molecule is CCNC(=NCc1cccc(OCC(=O)N(C)C)c1)N1CCC(CC(=O)NC)CC1.I. The minimum Gasteiger partial charge on any atom is -0.484 e. The first-order chi connectivity index (χ1) is 14.4. The molecule has 0 bridgehead atoms. The van der Waals surface area contributed by atoms with Gasteiger partial charge in [0, 0.05) is 47.2 Å². The zero-order valence-corrected chi connectivity index (χ0v) is 21.3. The zero-order valence-electron chi connectivity index (χ0n) is 19.0. The summed E-state index contributed by atoms with van der Waals surface area (Å²) in [6, 6.07) is 7.69. The van der Waals surface area contributed by atoms with E-state index in [4.69, 9.17) is 9.73 Å². The third-order valence-electron chi connectivity index (χ3n) is 5.17. The van der Waals surface area contributed by atoms with Crippen molar-refractivity contribution in [3.8, 4) is 5.75 Å². The average molecular weight is 545 g/mol. The summed E-state index contributed by atoms with van der Waals surface area (Å²) in [6.07, 6.45) is 2.57. The standard InChI is InChI=1S/C22H35N5O3.HI/c1-5-24-22(27-11-9-17(10-12-27)14-20(28)23-2)25-15-18-7-6-8-19(13-18)30-16-21(29)26(3)4;/h6-8,13,17H,5,9-12,14-16H2,1-4H3,(H,23,28)(H,24,25);1H. The summed E-state index contributed by atoms with van der Waals surface area (Å²) in [6.45, 7) is 5.19. The molecule has 0 aromatic heterocycles. The summed E-state index contributed by atoms with van der Waals surface area (Å²) in [7, 11) is 5.11. The number of hydrogen-bond donors (Lipinski definition) is 2. The van der Waals surface area contributed by atoms with E-state index in [9.17, 15) is 9.59 Å². The Labute approximate surface area is 202 Å². The van der Waals surface area contributed by atoms with Gasteiger partial charge < -0.3 is 25.2 Å². The van der Waals surface area contributed by atoms with Crippen molar-refractivity contribution in [3.05, 3.63) is 29.8 Å². The van der Waals surface area contributed by atoms with Gasteiger partial charge in [-0.3, -0.25) is 9.59 Å². The summed E-state index contributed by atoms with van der Waals surface area (Å²) in [5.41, 5.74) is 1.02. The van der Waals surface area contributed by atoms with Crippen LogP contribution < -0.4 is 15.4 Å². The molecule has 0 unspecified atom stereocenters. The number of carbonyl (C=O) groups is 2. The minimum atomic E-state index is -0.0762. The fourth-order valence-electron chi connectivity index (χ4n) is 3.31. The molecule has 1 heterocycles. The molecule has 2 N–H and O–H groups in total. The van der Waals surface area contributed by atoms with Crippen molar-refractivity contribution in [2.24, 2.45) is 10.9 Å². The maximum atomic E-state index is 11.7. The molecule has 0 radical (unpaired) electrons. The third-order valence-corrected chi connectivity index (χ3v) is 5.17. The monoisotopic (exact) mass is 545 g/mol. The van der Waals surface area contributed by atoms with Gasteiger partial charge in [0.25, 0.3) is 5.91 Å². The number of piperidine rings is 1. The van der Waals surface area contributed by atoms with Crippen molar-refractivity contribution >= 4 is 41.8 Å². The van der Waals surface area contributed by atoms with Gasteiger partial charge in [-0.25, -0.2) is 4.99 Å². The molecule has 1 aromatic carbocycles. The second-order valence-electron chi connectivity index (χ2n) is 7.70. The molecular weight excluding hydrogens is 509 g/mol. The van der Waals surface area contributed by atoms with Crippen LogP contribution in [-0.2, 0) is 16.1 Å². The summed E-state index contributed by atoms with van der Waals surface area (Å²) >= 11 is 0. The molecule has 0 aliphatic carbocycles. The number of nitrogens with zero attached hydrogens (tertiary/aromatic N) is 3. The van der Waals surface area contributed by atoms with Gasteiger partial charge in [-0.1, -0.05) is 12.1 Å². The fourth-order valence-corrected chi connectivity index (χ4v) is 3.31. The number of hydrogen-bond acceptors (Lipinski definition) is 4. The second-order valence-corrected chi connectivity index (χ2v) is 7.70. The van der Waals surface area contributed by atoms with Crippen LogP contribution in [-0.4, -0.2) is 75.0 Å². The van der Waals surface area contributed by atoms with E-state index in [1.165, 1.54) is 4.90 Å². The van der Waals surface area contributed by atoms with E-state index in [-0.39, 0.29) is 42.4 Å². The van der Waals surface area contributed by atoms with Crippen LogP contribution in [0.1, 0.15) is 31.7 Å². The quantitative estimate of drug-likeness (QED) is 0.297. The maximum Gasteiger partial charge on any atom is 0.259 e. The van der Waals surface area contributed by atoms with Gasteiger partial charge in [0.15, 0.2) is 12.6 Å². The Morgan fingerprint density at radius 1 is 1.26 bits per heavy atom. The molecule has 0 atom stereocenters. The molecule has 31 heavy (non-hydrogen) atoms. The van der Waals surface area contributed by atoms with Crippen LogP contribution in [0.15, 0.2) is 29.3 Å². The van der Waals surface area contributed by atoms with Gasteiger partial charge in [-0.2, -0.15) is 0 Å². The smallest absolute Gasteiger partial charge is 0.259 e. The van der Waals surface area contributed by atoms with Crippen LogP contribution in [0.4, 0.5) is 0 Å². The highest BCUT2D eigenvalue weighted by molar-refractivity contribution is 14.0. The first-order valence-corrected chi connectivity index (χ1v) is 10.6. The van der Waals surface area contributed by atoms with Crippen molar-refractivity contribution in [2.75, 3.05) is 47.4 Å². The molecule has 9 heteroatoms. The predicted octanol–water partition coefficient (Wildman–Crippen LogP) is 2.09. The number of likely N-dealkylation sites (N-methyl/N-ethyl adjacent to an activating group) is 1. The minimum absolute atomic E-state index is 0. The summed E-state index contributed by atoms with van der Waals surface area (Å²) in [5, 5.41) is 6.08. The number of benzene rings is 1. The topological polar surface area (TPSA) is 86.3 Å². The number of rotatable bonds is 8. The fraction of sp³-hybridized carbons (Fsp3) is 0.591. The van der Waals surface area contributed by atoms with Gasteiger partial charge in [-0.05, 0) is 43.4 Å². The van der Waals surface area contributed by atoms with E-state index in [2.05, 4.69) is 22.5 Å². The largest absolute Gasteiger partial charge is 0.484 e. The van der Waals surface area contributed by atoms with Gasteiger partial charge >= 0.3 is 0 Å². The Kier molecular flexibility index (Phi) is 12.3. The Bertz CT molecular complexity index is 734. The van der Waals surface area contributed by atoms with Gasteiger partial charge in [0.1, 0.15) is 5.75 Å². The molecule has 2 amide bonds. The van der Waals surface area contributed by atoms with Gasteiger partial charge in [-0.15, -0.1) is 24.0 Å². The van der Waals surface area contributed by atoms with Gasteiger partial charge in [0.05, 0.1) is 6.54 Å². The molecule has 174 valence electrons. The molecular formula is C22H36IN5O3.